The number of aliphatic hydroxyl groups is 2. The van der Waals surface area contributed by atoms with Crippen LogP contribution in [0.5, 0.6) is 5.75 Å². The van der Waals surface area contributed by atoms with E-state index < -0.39 is 11.4 Å². The minimum absolute atomic E-state index is 0.206. The van der Waals surface area contributed by atoms with E-state index in [1.54, 1.807) is 25.1 Å². The lowest BCUT2D eigenvalue weighted by Gasteiger charge is -2.26. The molecule has 0 bridgehead atoms. The van der Waals surface area contributed by atoms with Crippen LogP contribution in [0.4, 0.5) is 5.69 Å². The van der Waals surface area contributed by atoms with Gasteiger partial charge in [0.15, 0.2) is 0 Å². The van der Waals surface area contributed by atoms with Gasteiger partial charge in [0.05, 0.1) is 25.4 Å². The molecule has 1 aromatic rings. The number of benzene rings is 1. The second-order valence-corrected chi connectivity index (χ2v) is 4.48. The first kappa shape index (κ1) is 15.3. The van der Waals surface area contributed by atoms with Crippen molar-refractivity contribution in [2.45, 2.75) is 19.4 Å². The summed E-state index contributed by atoms with van der Waals surface area (Å²) in [7, 11) is 0. The first-order valence-corrected chi connectivity index (χ1v) is 6.03. The molecule has 0 heterocycles. The molecule has 0 unspecified atom stereocenters. The summed E-state index contributed by atoms with van der Waals surface area (Å²) >= 11 is 0. The number of carbonyl (C=O) groups is 1. The van der Waals surface area contributed by atoms with Crippen molar-refractivity contribution in [3.05, 3.63) is 23.8 Å². The van der Waals surface area contributed by atoms with E-state index >= 15 is 0 Å². The van der Waals surface area contributed by atoms with Gasteiger partial charge >= 0.3 is 0 Å². The average Bonchev–Trinajstić information content (AvgIpc) is 2.39. The van der Waals surface area contributed by atoms with Crippen LogP contribution in [0, 0.1) is 0 Å². The molecule has 1 aromatic carbocycles. The number of ether oxygens (including phenoxy) is 1. The molecular weight excluding hydrogens is 248 g/mol. The summed E-state index contributed by atoms with van der Waals surface area (Å²) in [5.41, 5.74) is 5.17. The quantitative estimate of drug-likeness (QED) is 0.549. The monoisotopic (exact) mass is 268 g/mol. The summed E-state index contributed by atoms with van der Waals surface area (Å²) < 4.78 is 5.35. The van der Waals surface area contributed by atoms with Crippen LogP contribution in [0.3, 0.4) is 0 Å². The predicted molar refractivity (Wildman–Crippen MR) is 72.1 cm³/mol. The highest BCUT2D eigenvalue weighted by Crippen LogP contribution is 2.25. The zero-order valence-corrected chi connectivity index (χ0v) is 11.1. The van der Waals surface area contributed by atoms with Gasteiger partial charge in [0.25, 0.3) is 5.91 Å². The number of nitrogens with one attached hydrogen (secondary N) is 1. The minimum Gasteiger partial charge on any atom is -0.493 e. The van der Waals surface area contributed by atoms with Crippen LogP contribution in [-0.2, 0) is 0 Å². The number of rotatable bonds is 6. The number of hydrogen-bond donors (Lipinski definition) is 4. The lowest BCUT2D eigenvalue weighted by Crippen LogP contribution is -2.51. The standard InChI is InChI=1S/C13H20N2O4/c1-3-19-10-6-4-5-9(14)11(10)12(18)15-13(2,7-16)8-17/h4-6,16-17H,3,7-8,14H2,1-2H3,(H,15,18). The van der Waals surface area contributed by atoms with Gasteiger partial charge in [-0.25, -0.2) is 0 Å². The van der Waals surface area contributed by atoms with Gasteiger partial charge in [-0.15, -0.1) is 0 Å². The van der Waals surface area contributed by atoms with Crippen LogP contribution < -0.4 is 15.8 Å². The molecule has 0 saturated carbocycles. The topological polar surface area (TPSA) is 105 Å². The Kier molecular flexibility index (Phi) is 5.14. The van der Waals surface area contributed by atoms with Gasteiger partial charge in [-0.1, -0.05) is 6.07 Å². The number of nitrogen functional groups attached to an aromatic ring is 1. The van der Waals surface area contributed by atoms with E-state index in [4.69, 9.17) is 10.5 Å². The second kappa shape index (κ2) is 6.40. The second-order valence-electron chi connectivity index (χ2n) is 4.48. The van der Waals surface area contributed by atoms with Crippen LogP contribution in [0.25, 0.3) is 0 Å². The van der Waals surface area contributed by atoms with E-state index in [9.17, 15) is 15.0 Å². The molecular formula is C13H20N2O4. The Balaban J connectivity index is 3.05. The summed E-state index contributed by atoms with van der Waals surface area (Å²) in [5.74, 6) is -0.120. The van der Waals surface area contributed by atoms with Crippen molar-refractivity contribution in [2.75, 3.05) is 25.6 Å². The fourth-order valence-corrected chi connectivity index (χ4v) is 1.53. The average molecular weight is 268 g/mol. The first-order chi connectivity index (χ1) is 8.97. The van der Waals surface area contributed by atoms with Crippen molar-refractivity contribution in [2.24, 2.45) is 0 Å². The van der Waals surface area contributed by atoms with Gasteiger partial charge in [-0.05, 0) is 26.0 Å². The number of aliphatic hydroxyl groups excluding tert-OH is 2. The SMILES string of the molecule is CCOc1cccc(N)c1C(=O)NC(C)(CO)CO. The summed E-state index contributed by atoms with van der Waals surface area (Å²) in [5, 5.41) is 20.9. The van der Waals surface area contributed by atoms with Crippen molar-refractivity contribution in [3.8, 4) is 5.75 Å². The number of nitrogens with two attached hydrogens (primary N) is 1. The molecule has 1 rings (SSSR count). The molecule has 106 valence electrons. The molecule has 0 saturated heterocycles. The maximum atomic E-state index is 12.2. The van der Waals surface area contributed by atoms with E-state index in [1.807, 2.05) is 0 Å². The minimum atomic E-state index is -1.11. The van der Waals surface area contributed by atoms with Gasteiger partial charge in [0.1, 0.15) is 11.3 Å². The van der Waals surface area contributed by atoms with E-state index in [-0.39, 0.29) is 24.5 Å². The highest BCUT2D eigenvalue weighted by Gasteiger charge is 2.27. The van der Waals surface area contributed by atoms with Gasteiger partial charge in [-0.3, -0.25) is 4.79 Å². The maximum Gasteiger partial charge on any atom is 0.257 e. The number of carbonyl (C=O) groups excluding carboxylic acids is 1. The molecule has 0 aromatic heterocycles. The third kappa shape index (κ3) is 3.59. The fraction of sp³-hybridized carbons (Fsp3) is 0.462. The Bertz CT molecular complexity index is 444. The first-order valence-electron chi connectivity index (χ1n) is 6.03. The summed E-state index contributed by atoms with van der Waals surface area (Å²) in [6.07, 6.45) is 0. The van der Waals surface area contributed by atoms with Crippen molar-refractivity contribution >= 4 is 11.6 Å². The highest BCUT2D eigenvalue weighted by molar-refractivity contribution is 6.02. The van der Waals surface area contributed by atoms with Gasteiger partial charge in [-0.2, -0.15) is 0 Å². The molecule has 19 heavy (non-hydrogen) atoms. The number of anilines is 1. The Morgan fingerprint density at radius 1 is 1.42 bits per heavy atom. The Morgan fingerprint density at radius 2 is 2.05 bits per heavy atom. The highest BCUT2D eigenvalue weighted by atomic mass is 16.5. The molecule has 0 radical (unpaired) electrons. The van der Waals surface area contributed by atoms with E-state index in [1.165, 1.54) is 6.92 Å². The van der Waals surface area contributed by atoms with Crippen LogP contribution in [0.2, 0.25) is 0 Å². The van der Waals surface area contributed by atoms with E-state index in [0.717, 1.165) is 0 Å². The lowest BCUT2D eigenvalue weighted by molar-refractivity contribution is 0.0721. The Morgan fingerprint density at radius 3 is 2.58 bits per heavy atom. The zero-order valence-electron chi connectivity index (χ0n) is 11.1. The molecule has 5 N–H and O–H groups in total. The van der Waals surface area contributed by atoms with E-state index in [0.29, 0.717) is 12.4 Å². The molecule has 6 heteroatoms. The zero-order chi connectivity index (χ0) is 14.5. The normalized spacial score (nSPS) is 11.2. The van der Waals surface area contributed by atoms with E-state index in [2.05, 4.69) is 5.32 Å². The number of hydrogen-bond acceptors (Lipinski definition) is 5. The van der Waals surface area contributed by atoms with Gasteiger partial charge < -0.3 is 26.0 Å². The van der Waals surface area contributed by atoms with Crippen LogP contribution in [0.15, 0.2) is 18.2 Å². The fourth-order valence-electron chi connectivity index (χ4n) is 1.53. The molecule has 6 nitrogen and oxygen atoms in total. The molecule has 0 aliphatic carbocycles. The van der Waals surface area contributed by atoms with Crippen molar-refractivity contribution < 1.29 is 19.7 Å². The molecule has 0 fully saturated rings. The third-order valence-corrected chi connectivity index (χ3v) is 2.70. The van der Waals surface area contributed by atoms with Gasteiger partial charge in [0.2, 0.25) is 0 Å². The van der Waals surface area contributed by atoms with Crippen molar-refractivity contribution in [1.82, 2.24) is 5.32 Å². The largest absolute Gasteiger partial charge is 0.493 e. The van der Waals surface area contributed by atoms with Gasteiger partial charge in [0, 0.05) is 5.69 Å². The Hall–Kier alpha value is -1.79. The van der Waals surface area contributed by atoms with Crippen LogP contribution in [-0.4, -0.2) is 41.5 Å². The maximum absolute atomic E-state index is 12.2. The molecule has 0 aliphatic heterocycles. The van der Waals surface area contributed by atoms with Crippen molar-refractivity contribution in [1.29, 1.82) is 0 Å². The molecule has 0 aliphatic rings. The predicted octanol–water partition coefficient (Wildman–Crippen LogP) is 0.141. The van der Waals surface area contributed by atoms with Crippen molar-refractivity contribution in [3.63, 3.8) is 0 Å². The molecule has 0 atom stereocenters. The lowest BCUT2D eigenvalue weighted by atomic mass is 10.0. The summed E-state index contributed by atoms with van der Waals surface area (Å²) in [6, 6.07) is 4.92. The molecule has 1 amide bonds. The Labute approximate surface area is 112 Å². The summed E-state index contributed by atoms with van der Waals surface area (Å²) in [4.78, 5) is 12.2. The summed E-state index contributed by atoms with van der Waals surface area (Å²) in [6.45, 7) is 2.97. The smallest absolute Gasteiger partial charge is 0.257 e. The van der Waals surface area contributed by atoms with Crippen LogP contribution in [0.1, 0.15) is 24.2 Å². The third-order valence-electron chi connectivity index (χ3n) is 2.70. The van der Waals surface area contributed by atoms with Crippen LogP contribution >= 0.6 is 0 Å². The number of amides is 1. The molecule has 0 spiro atoms.